The molecule has 2 rings (SSSR count). The lowest BCUT2D eigenvalue weighted by atomic mass is 10.0. The summed E-state index contributed by atoms with van der Waals surface area (Å²) in [4.78, 5) is 0. The zero-order chi connectivity index (χ0) is 16.2. The van der Waals surface area contributed by atoms with Crippen LogP contribution in [-0.2, 0) is 18.6 Å². The van der Waals surface area contributed by atoms with Crippen LogP contribution in [0.2, 0.25) is 18.1 Å². The largest absolute Gasteiger partial charge is 0.412 e. The van der Waals surface area contributed by atoms with Gasteiger partial charge in [0.05, 0.1) is 25.9 Å². The van der Waals surface area contributed by atoms with Gasteiger partial charge in [0.2, 0.25) is 0 Å². The van der Waals surface area contributed by atoms with Crippen molar-refractivity contribution >= 4 is 8.32 Å². The van der Waals surface area contributed by atoms with Crippen molar-refractivity contribution in [3.8, 4) is 0 Å². The van der Waals surface area contributed by atoms with Crippen molar-refractivity contribution in [3.63, 3.8) is 0 Å². The molecule has 0 bridgehead atoms. The molecule has 2 aliphatic heterocycles. The van der Waals surface area contributed by atoms with E-state index in [9.17, 15) is 0 Å². The summed E-state index contributed by atoms with van der Waals surface area (Å²) < 4.78 is 23.8. The number of ether oxygens (including phenoxy) is 3. The van der Waals surface area contributed by atoms with Gasteiger partial charge in [0, 0.05) is 12.5 Å². The Labute approximate surface area is 137 Å². The highest BCUT2D eigenvalue weighted by Crippen LogP contribution is 2.38. The van der Waals surface area contributed by atoms with Crippen LogP contribution in [0.3, 0.4) is 0 Å². The van der Waals surface area contributed by atoms with Crippen LogP contribution < -0.4 is 0 Å². The van der Waals surface area contributed by atoms with Gasteiger partial charge in [-0.1, -0.05) is 20.8 Å². The van der Waals surface area contributed by atoms with Crippen LogP contribution in [0.15, 0.2) is 0 Å². The van der Waals surface area contributed by atoms with Crippen molar-refractivity contribution in [2.24, 2.45) is 5.92 Å². The molecule has 2 heterocycles. The van der Waals surface area contributed by atoms with E-state index in [1.165, 1.54) is 6.42 Å². The van der Waals surface area contributed by atoms with E-state index in [0.29, 0.717) is 5.92 Å². The number of rotatable bonds is 5. The molecule has 2 saturated heterocycles. The van der Waals surface area contributed by atoms with Gasteiger partial charge in [0.25, 0.3) is 0 Å². The molecule has 0 N–H and O–H groups in total. The molecule has 1 unspecified atom stereocenters. The first kappa shape index (κ1) is 18.4. The quantitative estimate of drug-likeness (QED) is 0.715. The Morgan fingerprint density at radius 2 is 1.91 bits per heavy atom. The molecule has 2 fully saturated rings. The fourth-order valence-corrected chi connectivity index (χ4v) is 4.10. The minimum Gasteiger partial charge on any atom is -0.412 e. The highest BCUT2D eigenvalue weighted by atomic mass is 28.4. The van der Waals surface area contributed by atoms with Crippen LogP contribution in [0.1, 0.15) is 46.5 Å². The molecule has 130 valence electrons. The van der Waals surface area contributed by atoms with E-state index in [-0.39, 0.29) is 17.4 Å². The summed E-state index contributed by atoms with van der Waals surface area (Å²) >= 11 is 0. The van der Waals surface area contributed by atoms with Crippen molar-refractivity contribution in [3.05, 3.63) is 0 Å². The predicted molar refractivity (Wildman–Crippen MR) is 90.5 cm³/mol. The van der Waals surface area contributed by atoms with Crippen molar-refractivity contribution in [2.75, 3.05) is 26.4 Å². The molecule has 0 saturated carbocycles. The van der Waals surface area contributed by atoms with Gasteiger partial charge in [0.15, 0.2) is 14.6 Å². The monoisotopic (exact) mass is 330 g/mol. The van der Waals surface area contributed by atoms with Gasteiger partial charge in [-0.15, -0.1) is 0 Å². The van der Waals surface area contributed by atoms with E-state index in [1.54, 1.807) is 0 Å². The molecule has 22 heavy (non-hydrogen) atoms. The maximum Gasteiger partial charge on any atom is 0.192 e. The first-order chi connectivity index (χ1) is 10.3. The van der Waals surface area contributed by atoms with Gasteiger partial charge in [0.1, 0.15) is 0 Å². The third-order valence-corrected chi connectivity index (χ3v) is 9.71. The Hall–Kier alpha value is 0.0569. The third-order valence-electron chi connectivity index (χ3n) is 5.18. The zero-order valence-corrected chi connectivity index (χ0v) is 16.0. The molecule has 0 radical (unpaired) electrons. The molecule has 4 nitrogen and oxygen atoms in total. The fraction of sp³-hybridized carbons (Fsp3) is 1.00. The Morgan fingerprint density at radius 3 is 2.55 bits per heavy atom. The molecule has 0 aliphatic carbocycles. The highest BCUT2D eigenvalue weighted by molar-refractivity contribution is 6.74. The summed E-state index contributed by atoms with van der Waals surface area (Å²) in [5, 5.41) is 0.242. The van der Waals surface area contributed by atoms with Gasteiger partial charge in [-0.25, -0.2) is 0 Å². The molecular weight excluding hydrogens is 296 g/mol. The zero-order valence-electron chi connectivity index (χ0n) is 15.0. The summed E-state index contributed by atoms with van der Waals surface area (Å²) in [6.45, 7) is 14.5. The summed E-state index contributed by atoms with van der Waals surface area (Å²) in [5.41, 5.74) is 0. The van der Waals surface area contributed by atoms with E-state index in [1.807, 2.05) is 0 Å². The molecule has 0 aromatic heterocycles. The van der Waals surface area contributed by atoms with Gasteiger partial charge < -0.3 is 18.6 Å². The second-order valence-corrected chi connectivity index (χ2v) is 13.0. The Kier molecular flexibility index (Phi) is 6.48. The average molecular weight is 331 g/mol. The lowest BCUT2D eigenvalue weighted by Crippen LogP contribution is -2.47. The standard InChI is InChI=1S/C17H34O4Si/c1-17(2,3)22(4,5)21-15-10-14(11-18-13-15)12-20-16-8-6-7-9-19-16/h14-16H,6-13H2,1-5H3/t14-,15+,16?/m1/s1. The molecule has 0 aromatic carbocycles. The lowest BCUT2D eigenvalue weighted by molar-refractivity contribution is -0.177. The van der Waals surface area contributed by atoms with E-state index < -0.39 is 8.32 Å². The maximum absolute atomic E-state index is 6.49. The summed E-state index contributed by atoms with van der Waals surface area (Å²) in [6, 6.07) is 0. The van der Waals surface area contributed by atoms with Crippen LogP contribution in [-0.4, -0.2) is 47.1 Å². The Balaban J connectivity index is 1.76. The van der Waals surface area contributed by atoms with Gasteiger partial charge >= 0.3 is 0 Å². The van der Waals surface area contributed by atoms with Gasteiger partial charge in [-0.2, -0.15) is 0 Å². The van der Waals surface area contributed by atoms with E-state index in [0.717, 1.165) is 45.7 Å². The summed E-state index contributed by atoms with van der Waals surface area (Å²) in [7, 11) is -1.72. The molecule has 5 heteroatoms. The van der Waals surface area contributed by atoms with Gasteiger partial charge in [-0.05, 0) is 43.8 Å². The minimum atomic E-state index is -1.72. The van der Waals surface area contributed by atoms with Crippen molar-refractivity contribution < 1.29 is 18.6 Å². The first-order valence-corrected chi connectivity index (χ1v) is 11.7. The second-order valence-electron chi connectivity index (χ2n) is 8.27. The van der Waals surface area contributed by atoms with Crippen molar-refractivity contribution in [1.29, 1.82) is 0 Å². The molecule has 0 spiro atoms. The van der Waals surface area contributed by atoms with Crippen molar-refractivity contribution in [2.45, 2.75) is 77.0 Å². The van der Waals surface area contributed by atoms with E-state index >= 15 is 0 Å². The molecule has 3 atom stereocenters. The molecule has 0 amide bonds. The Morgan fingerprint density at radius 1 is 1.14 bits per heavy atom. The van der Waals surface area contributed by atoms with Crippen LogP contribution in [0.5, 0.6) is 0 Å². The fourth-order valence-electron chi connectivity index (χ4n) is 2.75. The summed E-state index contributed by atoms with van der Waals surface area (Å²) in [6.07, 6.45) is 4.65. The second kappa shape index (κ2) is 7.75. The van der Waals surface area contributed by atoms with E-state index in [2.05, 4.69) is 33.9 Å². The smallest absolute Gasteiger partial charge is 0.192 e. The normalized spacial score (nSPS) is 31.2. The number of hydrogen-bond donors (Lipinski definition) is 0. The summed E-state index contributed by atoms with van der Waals surface area (Å²) in [5.74, 6) is 0.425. The predicted octanol–water partition coefficient (Wildman–Crippen LogP) is 3.96. The van der Waals surface area contributed by atoms with Crippen LogP contribution >= 0.6 is 0 Å². The lowest BCUT2D eigenvalue weighted by Gasteiger charge is -2.41. The maximum atomic E-state index is 6.49. The third kappa shape index (κ3) is 5.30. The minimum absolute atomic E-state index is 0.00423. The topological polar surface area (TPSA) is 36.9 Å². The van der Waals surface area contributed by atoms with E-state index in [4.69, 9.17) is 18.6 Å². The van der Waals surface area contributed by atoms with Gasteiger partial charge in [-0.3, -0.25) is 0 Å². The molecular formula is C17H34O4Si. The van der Waals surface area contributed by atoms with Crippen LogP contribution in [0.25, 0.3) is 0 Å². The highest BCUT2D eigenvalue weighted by Gasteiger charge is 2.40. The Bertz CT molecular complexity index is 334. The SMILES string of the molecule is CC(C)(C)[Si](C)(C)O[C@@H]1COC[C@H](COC2CCCCO2)C1. The molecule has 2 aliphatic rings. The van der Waals surface area contributed by atoms with Crippen LogP contribution in [0.4, 0.5) is 0 Å². The van der Waals surface area contributed by atoms with Crippen molar-refractivity contribution in [1.82, 2.24) is 0 Å². The molecule has 0 aromatic rings. The first-order valence-electron chi connectivity index (χ1n) is 8.77. The average Bonchev–Trinajstić information content (AvgIpc) is 2.45. The number of hydrogen-bond acceptors (Lipinski definition) is 4. The van der Waals surface area contributed by atoms with Crippen LogP contribution in [0, 0.1) is 5.92 Å².